The number of carbonyl (C=O) groups is 2. The summed E-state index contributed by atoms with van der Waals surface area (Å²) in [6.45, 7) is 8.33. The number of aromatic amines is 1. The van der Waals surface area contributed by atoms with E-state index in [0.717, 1.165) is 47.4 Å². The molecule has 1 aliphatic heterocycles. The zero-order valence-electron chi connectivity index (χ0n) is 20.1. The molecule has 2 atom stereocenters. The number of nitrogens with one attached hydrogen (secondary N) is 2. The molecule has 1 saturated carbocycles. The molecule has 3 aromatic rings. The number of Topliss-reactive ketones (excluding diaryl/α,β-unsaturated/α-hetero) is 1. The van der Waals surface area contributed by atoms with E-state index in [4.69, 9.17) is 22.3 Å². The maximum Gasteiger partial charge on any atom is 0.268 e. The quantitative estimate of drug-likeness (QED) is 0.419. The molecule has 5 rings (SSSR count). The fourth-order valence-electron chi connectivity index (χ4n) is 5.03. The highest BCUT2D eigenvalue weighted by atomic mass is 35.5. The van der Waals surface area contributed by atoms with Crippen LogP contribution >= 0.6 is 35.3 Å². The van der Waals surface area contributed by atoms with Crippen molar-refractivity contribution in [3.8, 4) is 0 Å². The lowest BCUT2D eigenvalue weighted by Gasteiger charge is -2.37. The molecule has 0 bridgehead atoms. The summed E-state index contributed by atoms with van der Waals surface area (Å²) in [5.41, 5.74) is 7.88. The third kappa shape index (κ3) is 4.87. The van der Waals surface area contributed by atoms with E-state index >= 15 is 0 Å². The molecular formula is C25H31Cl2N5O2S. The fraction of sp³-hybridized carbons (Fsp3) is 0.480. The zero-order valence-corrected chi connectivity index (χ0v) is 22.5. The Morgan fingerprint density at radius 3 is 2.83 bits per heavy atom. The SMILES string of the molecule is CC(C)(C)N1CCc2nc(C(=O)C3(N)CCCC3NC(=O)c3cc4cc(Cl)ccc4[nH]3)sc2C1.Cl. The molecule has 0 saturated heterocycles. The molecule has 1 aromatic carbocycles. The standard InChI is InChI=1S/C25H30ClN5O2S.ClH/c1-24(2,3)31-10-8-17-19(13-31)34-23(29-17)21(32)25(27)9-4-5-20(25)30-22(33)18-12-14-11-15(26)6-7-16(14)28-18;/h6-7,11-12,20,28H,4-5,8-10,13,27H2,1-3H3,(H,30,33);1H. The number of H-pyrrole nitrogens is 1. The summed E-state index contributed by atoms with van der Waals surface area (Å²) >= 11 is 7.52. The van der Waals surface area contributed by atoms with Crippen molar-refractivity contribution in [3.05, 3.63) is 50.6 Å². The van der Waals surface area contributed by atoms with Crippen molar-refractivity contribution in [2.24, 2.45) is 5.73 Å². The number of benzene rings is 1. The number of nitrogens with zero attached hydrogens (tertiary/aromatic N) is 2. The number of nitrogens with two attached hydrogens (primary N) is 1. The molecule has 2 aromatic heterocycles. The number of ketones is 1. The van der Waals surface area contributed by atoms with Crippen LogP contribution in [0.2, 0.25) is 5.02 Å². The van der Waals surface area contributed by atoms with Gasteiger partial charge >= 0.3 is 0 Å². The van der Waals surface area contributed by atoms with Crippen LogP contribution in [0, 0.1) is 0 Å². The van der Waals surface area contributed by atoms with Gasteiger partial charge in [-0.1, -0.05) is 11.6 Å². The summed E-state index contributed by atoms with van der Waals surface area (Å²) in [7, 11) is 0. The van der Waals surface area contributed by atoms with Crippen LogP contribution in [0.5, 0.6) is 0 Å². The summed E-state index contributed by atoms with van der Waals surface area (Å²) in [4.78, 5) is 38.0. The predicted octanol–water partition coefficient (Wildman–Crippen LogP) is 4.72. The van der Waals surface area contributed by atoms with Crippen LogP contribution in [0.3, 0.4) is 0 Å². The summed E-state index contributed by atoms with van der Waals surface area (Å²) in [5.74, 6) is -0.443. The van der Waals surface area contributed by atoms with Crippen molar-refractivity contribution in [2.45, 2.75) is 70.1 Å². The monoisotopic (exact) mass is 535 g/mol. The average Bonchev–Trinajstić information content (AvgIpc) is 3.48. The minimum absolute atomic E-state index is 0. The van der Waals surface area contributed by atoms with Crippen molar-refractivity contribution in [3.63, 3.8) is 0 Å². The van der Waals surface area contributed by atoms with Crippen LogP contribution in [0.25, 0.3) is 10.9 Å². The Hall–Kier alpha value is -1.97. The van der Waals surface area contributed by atoms with Crippen molar-refractivity contribution < 1.29 is 9.59 Å². The van der Waals surface area contributed by atoms with Crippen LogP contribution in [-0.4, -0.2) is 50.2 Å². The maximum absolute atomic E-state index is 13.6. The van der Waals surface area contributed by atoms with Crippen molar-refractivity contribution >= 4 is 57.9 Å². The van der Waals surface area contributed by atoms with E-state index in [2.05, 4.69) is 36.0 Å². The van der Waals surface area contributed by atoms with Crippen LogP contribution in [0.15, 0.2) is 24.3 Å². The van der Waals surface area contributed by atoms with E-state index in [1.165, 1.54) is 11.3 Å². The number of thiazole rings is 1. The Labute approximate surface area is 220 Å². The number of amides is 1. The maximum atomic E-state index is 13.6. The number of fused-ring (bicyclic) bond motifs is 2. The molecule has 10 heteroatoms. The van der Waals surface area contributed by atoms with Gasteiger partial charge < -0.3 is 16.0 Å². The molecule has 3 heterocycles. The first-order valence-electron chi connectivity index (χ1n) is 11.7. The molecule has 188 valence electrons. The first-order valence-corrected chi connectivity index (χ1v) is 12.9. The topological polar surface area (TPSA) is 104 Å². The number of aromatic nitrogens is 2. The zero-order chi connectivity index (χ0) is 24.3. The molecule has 4 N–H and O–H groups in total. The highest BCUT2D eigenvalue weighted by Crippen LogP contribution is 2.35. The minimum atomic E-state index is -1.16. The second kappa shape index (κ2) is 9.48. The van der Waals surface area contributed by atoms with Gasteiger partial charge in [0.2, 0.25) is 5.78 Å². The molecule has 1 amide bonds. The van der Waals surface area contributed by atoms with Gasteiger partial charge in [-0.2, -0.15) is 0 Å². The van der Waals surface area contributed by atoms with Gasteiger partial charge in [-0.15, -0.1) is 23.7 Å². The van der Waals surface area contributed by atoms with Gasteiger partial charge in [-0.3, -0.25) is 14.5 Å². The van der Waals surface area contributed by atoms with Crippen LogP contribution in [0.1, 0.15) is 70.9 Å². The molecule has 1 fully saturated rings. The average molecular weight is 537 g/mol. The number of halogens is 2. The van der Waals surface area contributed by atoms with E-state index in [9.17, 15) is 9.59 Å². The lowest BCUT2D eigenvalue weighted by atomic mass is 9.89. The summed E-state index contributed by atoms with van der Waals surface area (Å²) in [6, 6.07) is 6.74. The molecule has 0 radical (unpaired) electrons. The van der Waals surface area contributed by atoms with Gasteiger partial charge in [0.25, 0.3) is 5.91 Å². The van der Waals surface area contributed by atoms with Gasteiger partial charge in [0.15, 0.2) is 5.01 Å². The van der Waals surface area contributed by atoms with E-state index in [1.807, 2.05) is 12.1 Å². The lowest BCUT2D eigenvalue weighted by molar-refractivity contribution is 0.0832. The molecule has 1 aliphatic carbocycles. The Bertz CT molecular complexity index is 1280. The minimum Gasteiger partial charge on any atom is -0.351 e. The second-order valence-electron chi connectivity index (χ2n) is 10.4. The molecule has 0 spiro atoms. The van der Waals surface area contributed by atoms with Crippen molar-refractivity contribution in [2.75, 3.05) is 6.54 Å². The highest BCUT2D eigenvalue weighted by molar-refractivity contribution is 7.13. The van der Waals surface area contributed by atoms with E-state index < -0.39 is 11.6 Å². The molecule has 2 unspecified atom stereocenters. The van der Waals surface area contributed by atoms with Gasteiger partial charge in [0, 0.05) is 45.9 Å². The van der Waals surface area contributed by atoms with Crippen molar-refractivity contribution in [1.29, 1.82) is 0 Å². The van der Waals surface area contributed by atoms with Crippen LogP contribution in [-0.2, 0) is 13.0 Å². The molecule has 7 nitrogen and oxygen atoms in total. The Morgan fingerprint density at radius 1 is 1.31 bits per heavy atom. The first kappa shape index (κ1) is 26.1. The number of rotatable bonds is 4. The molecule has 2 aliphatic rings. The second-order valence-corrected chi connectivity index (χ2v) is 12.0. The number of hydrogen-bond acceptors (Lipinski definition) is 6. The Kier molecular flexibility index (Phi) is 7.07. The van der Waals surface area contributed by atoms with Gasteiger partial charge in [0.05, 0.1) is 11.7 Å². The third-order valence-electron chi connectivity index (χ3n) is 7.13. The smallest absolute Gasteiger partial charge is 0.268 e. The highest BCUT2D eigenvalue weighted by Gasteiger charge is 2.48. The number of carbonyl (C=O) groups excluding carboxylic acids is 2. The van der Waals surface area contributed by atoms with Crippen LogP contribution < -0.4 is 11.1 Å². The summed E-state index contributed by atoms with van der Waals surface area (Å²) in [6.07, 6.45) is 2.79. The Balaban J connectivity index is 0.00000289. The van der Waals surface area contributed by atoms with Gasteiger partial charge in [-0.25, -0.2) is 4.98 Å². The van der Waals surface area contributed by atoms with E-state index in [-0.39, 0.29) is 29.6 Å². The van der Waals surface area contributed by atoms with Gasteiger partial charge in [0.1, 0.15) is 11.2 Å². The van der Waals surface area contributed by atoms with E-state index in [1.54, 1.807) is 12.1 Å². The summed E-state index contributed by atoms with van der Waals surface area (Å²) < 4.78 is 0. The first-order chi connectivity index (χ1) is 16.0. The normalized spacial score (nSPS) is 22.6. The molecule has 35 heavy (non-hydrogen) atoms. The predicted molar refractivity (Wildman–Crippen MR) is 143 cm³/mol. The third-order valence-corrected chi connectivity index (χ3v) is 8.45. The largest absolute Gasteiger partial charge is 0.351 e. The van der Waals surface area contributed by atoms with Crippen LogP contribution in [0.4, 0.5) is 0 Å². The summed E-state index contributed by atoms with van der Waals surface area (Å²) in [5, 5.41) is 4.95. The Morgan fingerprint density at radius 2 is 2.09 bits per heavy atom. The fourth-order valence-corrected chi connectivity index (χ4v) is 6.37. The van der Waals surface area contributed by atoms with E-state index in [0.29, 0.717) is 28.6 Å². The van der Waals surface area contributed by atoms with Crippen molar-refractivity contribution in [1.82, 2.24) is 20.2 Å². The molecular weight excluding hydrogens is 505 g/mol. The van der Waals surface area contributed by atoms with Gasteiger partial charge in [-0.05, 0) is 64.3 Å². The number of hydrogen-bond donors (Lipinski definition) is 3. The lowest BCUT2D eigenvalue weighted by Crippen LogP contribution is -2.60.